The van der Waals surface area contributed by atoms with Gasteiger partial charge in [-0.2, -0.15) is 0 Å². The Balaban J connectivity index is 1.71. The molecule has 0 aliphatic heterocycles. The zero-order valence-electron chi connectivity index (χ0n) is 11.4. The molecule has 98 valence electrons. The Hall–Kier alpha value is -0.410. The van der Waals surface area contributed by atoms with E-state index in [9.17, 15) is 0 Å². The van der Waals surface area contributed by atoms with E-state index in [0.29, 0.717) is 5.41 Å². The monoisotopic (exact) mass is 262 g/mol. The SMILES string of the molecule is CC1(C(C)(NC2CC2)c2nc3c(s2)CCC3)CC1. The standard InChI is InChI=1S/C15H22N2S/c1-14(8-9-14)15(2,17-10-6-7-10)13-16-11-4-3-5-12(11)18-13/h10,17H,3-9H2,1-2H3. The highest BCUT2D eigenvalue weighted by atomic mass is 32.1. The maximum absolute atomic E-state index is 5.01. The van der Waals surface area contributed by atoms with E-state index in [0.717, 1.165) is 6.04 Å². The van der Waals surface area contributed by atoms with Gasteiger partial charge in [-0.15, -0.1) is 11.3 Å². The topological polar surface area (TPSA) is 24.9 Å². The van der Waals surface area contributed by atoms with Gasteiger partial charge in [0.25, 0.3) is 0 Å². The molecule has 0 spiro atoms. The van der Waals surface area contributed by atoms with Gasteiger partial charge in [-0.3, -0.25) is 0 Å². The van der Waals surface area contributed by atoms with Crippen LogP contribution < -0.4 is 5.32 Å². The summed E-state index contributed by atoms with van der Waals surface area (Å²) in [5, 5.41) is 5.30. The normalized spacial score (nSPS) is 27.9. The minimum atomic E-state index is 0.128. The minimum Gasteiger partial charge on any atom is -0.302 e. The summed E-state index contributed by atoms with van der Waals surface area (Å²) in [5.74, 6) is 0. The Labute approximate surface area is 113 Å². The van der Waals surface area contributed by atoms with E-state index in [4.69, 9.17) is 4.98 Å². The number of aromatic nitrogens is 1. The van der Waals surface area contributed by atoms with Crippen LogP contribution in [-0.2, 0) is 18.4 Å². The number of hydrogen-bond acceptors (Lipinski definition) is 3. The summed E-state index contributed by atoms with van der Waals surface area (Å²) >= 11 is 1.99. The molecule has 3 heteroatoms. The predicted octanol–water partition coefficient (Wildman–Crippen LogP) is 3.40. The van der Waals surface area contributed by atoms with Crippen LogP contribution in [0.3, 0.4) is 0 Å². The molecule has 0 bridgehead atoms. The number of thiazole rings is 1. The molecule has 0 saturated heterocycles. The van der Waals surface area contributed by atoms with Crippen LogP contribution in [0.1, 0.15) is 61.5 Å². The van der Waals surface area contributed by atoms with E-state index in [1.807, 2.05) is 11.3 Å². The lowest BCUT2D eigenvalue weighted by atomic mass is 9.84. The van der Waals surface area contributed by atoms with Crippen molar-refractivity contribution in [3.05, 3.63) is 15.6 Å². The van der Waals surface area contributed by atoms with Crippen molar-refractivity contribution in [1.82, 2.24) is 10.3 Å². The third-order valence-corrected chi connectivity index (χ3v) is 6.68. The minimum absolute atomic E-state index is 0.128. The molecule has 3 aliphatic rings. The van der Waals surface area contributed by atoms with Crippen LogP contribution in [-0.4, -0.2) is 11.0 Å². The van der Waals surface area contributed by atoms with E-state index in [1.54, 1.807) is 4.88 Å². The Kier molecular flexibility index (Phi) is 2.27. The molecular formula is C15H22N2S. The number of nitrogens with one attached hydrogen (secondary N) is 1. The van der Waals surface area contributed by atoms with Crippen molar-refractivity contribution in [1.29, 1.82) is 0 Å². The van der Waals surface area contributed by atoms with Crippen LogP contribution in [0.2, 0.25) is 0 Å². The molecule has 0 amide bonds. The van der Waals surface area contributed by atoms with Crippen molar-refractivity contribution in [3.63, 3.8) is 0 Å². The summed E-state index contributed by atoms with van der Waals surface area (Å²) in [4.78, 5) is 6.57. The predicted molar refractivity (Wildman–Crippen MR) is 75.0 cm³/mol. The van der Waals surface area contributed by atoms with Crippen molar-refractivity contribution in [2.75, 3.05) is 0 Å². The molecule has 1 heterocycles. The Morgan fingerprint density at radius 3 is 2.72 bits per heavy atom. The molecule has 2 fully saturated rings. The molecule has 2 saturated carbocycles. The third kappa shape index (κ3) is 1.60. The summed E-state index contributed by atoms with van der Waals surface area (Å²) < 4.78 is 0. The number of hydrogen-bond donors (Lipinski definition) is 1. The second-order valence-electron chi connectivity index (χ2n) is 6.85. The van der Waals surface area contributed by atoms with Gasteiger partial charge in [0.15, 0.2) is 0 Å². The first-order chi connectivity index (χ1) is 8.61. The van der Waals surface area contributed by atoms with Crippen LogP contribution >= 0.6 is 11.3 Å². The maximum Gasteiger partial charge on any atom is 0.114 e. The lowest BCUT2D eigenvalue weighted by Gasteiger charge is -2.36. The van der Waals surface area contributed by atoms with Gasteiger partial charge in [0.1, 0.15) is 5.01 Å². The average molecular weight is 262 g/mol. The highest BCUT2D eigenvalue weighted by Gasteiger charge is 2.56. The van der Waals surface area contributed by atoms with E-state index >= 15 is 0 Å². The van der Waals surface area contributed by atoms with Gasteiger partial charge in [-0.25, -0.2) is 4.98 Å². The lowest BCUT2D eigenvalue weighted by Crippen LogP contribution is -2.47. The molecule has 18 heavy (non-hydrogen) atoms. The van der Waals surface area contributed by atoms with Gasteiger partial charge in [0.2, 0.25) is 0 Å². The van der Waals surface area contributed by atoms with Gasteiger partial charge in [-0.05, 0) is 57.3 Å². The van der Waals surface area contributed by atoms with Crippen LogP contribution in [0.5, 0.6) is 0 Å². The van der Waals surface area contributed by atoms with Crippen LogP contribution in [0.4, 0.5) is 0 Å². The molecule has 0 aromatic carbocycles. The van der Waals surface area contributed by atoms with Gasteiger partial charge in [-0.1, -0.05) is 6.92 Å². The highest BCUT2D eigenvalue weighted by molar-refractivity contribution is 7.12. The van der Waals surface area contributed by atoms with Crippen molar-refractivity contribution in [3.8, 4) is 0 Å². The number of rotatable bonds is 4. The third-order valence-electron chi connectivity index (χ3n) is 5.30. The summed E-state index contributed by atoms with van der Waals surface area (Å²) in [5.41, 5.74) is 1.98. The van der Waals surface area contributed by atoms with Crippen LogP contribution in [0, 0.1) is 5.41 Å². The van der Waals surface area contributed by atoms with E-state index in [1.165, 1.54) is 55.6 Å². The molecule has 3 aliphatic carbocycles. The second kappa shape index (κ2) is 3.57. The summed E-state index contributed by atoms with van der Waals surface area (Å²) in [7, 11) is 0. The maximum atomic E-state index is 5.01. The number of fused-ring (bicyclic) bond motifs is 1. The molecule has 1 N–H and O–H groups in total. The first kappa shape index (κ1) is 11.4. The molecule has 1 atom stereocenters. The summed E-state index contributed by atoms with van der Waals surface area (Å²) in [6.07, 6.45) is 9.22. The van der Waals surface area contributed by atoms with E-state index in [-0.39, 0.29) is 5.54 Å². The Morgan fingerprint density at radius 1 is 1.33 bits per heavy atom. The molecule has 0 radical (unpaired) electrons. The fraction of sp³-hybridized carbons (Fsp3) is 0.800. The molecular weight excluding hydrogens is 240 g/mol. The summed E-state index contributed by atoms with van der Waals surface area (Å²) in [6.45, 7) is 4.85. The quantitative estimate of drug-likeness (QED) is 0.899. The van der Waals surface area contributed by atoms with E-state index in [2.05, 4.69) is 19.2 Å². The molecule has 4 rings (SSSR count). The largest absolute Gasteiger partial charge is 0.302 e. The Bertz CT molecular complexity index is 463. The fourth-order valence-corrected chi connectivity index (χ4v) is 4.63. The van der Waals surface area contributed by atoms with Crippen LogP contribution in [0.25, 0.3) is 0 Å². The fourth-order valence-electron chi connectivity index (χ4n) is 3.22. The van der Waals surface area contributed by atoms with E-state index < -0.39 is 0 Å². The second-order valence-corrected chi connectivity index (χ2v) is 7.93. The molecule has 2 nitrogen and oxygen atoms in total. The van der Waals surface area contributed by atoms with Gasteiger partial charge in [0, 0.05) is 10.9 Å². The highest BCUT2D eigenvalue weighted by Crippen LogP contribution is 2.59. The van der Waals surface area contributed by atoms with Crippen molar-refractivity contribution < 1.29 is 0 Å². The first-order valence-corrected chi connectivity index (χ1v) is 8.19. The van der Waals surface area contributed by atoms with Crippen molar-refractivity contribution in [2.24, 2.45) is 5.41 Å². The molecule has 1 aromatic rings. The first-order valence-electron chi connectivity index (χ1n) is 7.37. The van der Waals surface area contributed by atoms with Gasteiger partial charge in [0.05, 0.1) is 11.2 Å². The number of aryl methyl sites for hydroxylation is 2. The average Bonchev–Trinajstić information content (AvgIpc) is 3.19. The summed E-state index contributed by atoms with van der Waals surface area (Å²) in [6, 6.07) is 0.756. The smallest absolute Gasteiger partial charge is 0.114 e. The van der Waals surface area contributed by atoms with Gasteiger partial charge < -0.3 is 5.32 Å². The van der Waals surface area contributed by atoms with Gasteiger partial charge >= 0.3 is 0 Å². The zero-order chi connectivity index (χ0) is 12.4. The van der Waals surface area contributed by atoms with Crippen molar-refractivity contribution >= 4 is 11.3 Å². The Morgan fingerprint density at radius 2 is 2.11 bits per heavy atom. The number of nitrogens with zero attached hydrogens (tertiary/aromatic N) is 1. The van der Waals surface area contributed by atoms with Crippen molar-refractivity contribution in [2.45, 2.75) is 70.4 Å². The zero-order valence-corrected chi connectivity index (χ0v) is 12.2. The molecule has 1 unspecified atom stereocenters. The lowest BCUT2D eigenvalue weighted by molar-refractivity contribution is 0.222. The van der Waals surface area contributed by atoms with Crippen LogP contribution in [0.15, 0.2) is 0 Å². The molecule has 1 aromatic heterocycles.